The Labute approximate surface area is 218 Å². The molecule has 0 radical (unpaired) electrons. The molecule has 3 N–H and O–H groups in total. The third-order valence-corrected chi connectivity index (χ3v) is 9.56. The van der Waals surface area contributed by atoms with Gasteiger partial charge in [-0.15, -0.1) is 4.40 Å². The second-order valence-corrected chi connectivity index (χ2v) is 13.5. The van der Waals surface area contributed by atoms with Gasteiger partial charge in [0.25, 0.3) is 15.9 Å². The van der Waals surface area contributed by atoms with Gasteiger partial charge >= 0.3 is 0 Å². The van der Waals surface area contributed by atoms with Crippen molar-refractivity contribution < 1.29 is 31.1 Å². The molecule has 1 aromatic carbocycles. The summed E-state index contributed by atoms with van der Waals surface area (Å²) in [5.41, 5.74) is 0.391. The van der Waals surface area contributed by atoms with Crippen molar-refractivity contribution in [2.75, 3.05) is 16.3 Å². The van der Waals surface area contributed by atoms with Crippen molar-refractivity contribution >= 4 is 43.3 Å². The van der Waals surface area contributed by atoms with Crippen LogP contribution in [-0.4, -0.2) is 55.9 Å². The molecule has 2 bridgehead atoms. The first-order chi connectivity index (χ1) is 17.9. The third-order valence-electron chi connectivity index (χ3n) is 7.66. The highest BCUT2D eigenvalue weighted by atomic mass is 32.2. The molecule has 2 aliphatic carbocycles. The number of hydrogen-bond acceptors (Lipinski definition) is 8. The van der Waals surface area contributed by atoms with Crippen molar-refractivity contribution in [1.29, 1.82) is 0 Å². The quantitative estimate of drug-likeness (QED) is 0.502. The minimum absolute atomic E-state index is 0.0682. The van der Waals surface area contributed by atoms with Gasteiger partial charge in [-0.3, -0.25) is 9.52 Å². The van der Waals surface area contributed by atoms with E-state index in [9.17, 15) is 31.1 Å². The molecule has 0 saturated heterocycles. The summed E-state index contributed by atoms with van der Waals surface area (Å²) >= 11 is 0. The van der Waals surface area contributed by atoms with E-state index in [1.807, 2.05) is 0 Å². The number of rotatable bonds is 5. The van der Waals surface area contributed by atoms with Crippen LogP contribution in [0.2, 0.25) is 0 Å². The van der Waals surface area contributed by atoms with E-state index in [0.717, 1.165) is 37.8 Å². The number of amides is 1. The SMILES string of the molecule is CS(=O)(=O)Nc1cnc2c(c1)S(=O)(=O)N=C(C1=C(O)C3C([C@H]4CC[C@@H]3C4)N(Cc3ccc(F)cc3)C1=O)N2. The van der Waals surface area contributed by atoms with Gasteiger partial charge in [0.05, 0.1) is 18.1 Å². The predicted octanol–water partition coefficient (Wildman–Crippen LogP) is 2.37. The smallest absolute Gasteiger partial charge is 0.288 e. The van der Waals surface area contributed by atoms with E-state index < -0.39 is 31.8 Å². The predicted molar refractivity (Wildman–Crippen MR) is 136 cm³/mol. The van der Waals surface area contributed by atoms with Crippen LogP contribution in [-0.2, 0) is 31.4 Å². The molecule has 4 aliphatic rings. The molecule has 2 fully saturated rings. The number of anilines is 2. The summed E-state index contributed by atoms with van der Waals surface area (Å²) in [5.74, 6) is -1.70. The van der Waals surface area contributed by atoms with Gasteiger partial charge in [-0.05, 0) is 54.9 Å². The Morgan fingerprint density at radius 2 is 1.92 bits per heavy atom. The third kappa shape index (κ3) is 4.11. The lowest BCUT2D eigenvalue weighted by Gasteiger charge is -2.44. The number of aromatic nitrogens is 1. The maximum atomic E-state index is 13.9. The molecule has 3 heterocycles. The van der Waals surface area contributed by atoms with E-state index in [1.54, 1.807) is 17.0 Å². The molecule has 2 aromatic rings. The maximum Gasteiger partial charge on any atom is 0.288 e. The second kappa shape index (κ2) is 8.50. The first kappa shape index (κ1) is 24.8. The number of fused-ring (bicyclic) bond motifs is 6. The number of aliphatic hydroxyl groups is 1. The fraction of sp³-hybridized carbons (Fsp3) is 0.375. The molecular formula is C24H24FN5O6S2. The Morgan fingerprint density at radius 1 is 1.21 bits per heavy atom. The van der Waals surface area contributed by atoms with Crippen LogP contribution in [0.5, 0.6) is 0 Å². The molecule has 2 unspecified atom stereocenters. The maximum absolute atomic E-state index is 13.9. The Hall–Kier alpha value is -3.52. The topological polar surface area (TPSA) is 158 Å². The van der Waals surface area contributed by atoms with Gasteiger partial charge in [0.2, 0.25) is 10.0 Å². The van der Waals surface area contributed by atoms with E-state index in [2.05, 4.69) is 19.4 Å². The van der Waals surface area contributed by atoms with Crippen molar-refractivity contribution in [2.24, 2.45) is 22.2 Å². The lowest BCUT2D eigenvalue weighted by atomic mass is 9.77. The monoisotopic (exact) mass is 561 g/mol. The number of benzene rings is 1. The number of carbonyl (C=O) groups is 1. The van der Waals surface area contributed by atoms with E-state index in [0.29, 0.717) is 5.56 Å². The van der Waals surface area contributed by atoms with Crippen molar-refractivity contribution in [3.8, 4) is 0 Å². The number of amidine groups is 1. The van der Waals surface area contributed by atoms with Crippen LogP contribution < -0.4 is 10.0 Å². The van der Waals surface area contributed by atoms with Crippen LogP contribution in [0.1, 0.15) is 24.8 Å². The molecule has 0 spiro atoms. The molecule has 200 valence electrons. The second-order valence-electron chi connectivity index (χ2n) is 10.2. The fourth-order valence-electron chi connectivity index (χ4n) is 6.25. The van der Waals surface area contributed by atoms with Crippen LogP contribution in [0.25, 0.3) is 0 Å². The van der Waals surface area contributed by atoms with Gasteiger partial charge in [0.15, 0.2) is 11.7 Å². The average Bonchev–Trinajstić information content (AvgIpc) is 3.45. The lowest BCUT2D eigenvalue weighted by molar-refractivity contribution is -0.134. The zero-order valence-electron chi connectivity index (χ0n) is 20.1. The highest BCUT2D eigenvalue weighted by Crippen LogP contribution is 2.55. The number of halogens is 1. The Kier molecular flexibility index (Phi) is 5.54. The lowest BCUT2D eigenvalue weighted by Crippen LogP contribution is -2.53. The molecule has 11 nitrogen and oxygen atoms in total. The average molecular weight is 562 g/mol. The minimum atomic E-state index is -4.41. The molecular weight excluding hydrogens is 537 g/mol. The van der Waals surface area contributed by atoms with Crippen molar-refractivity contribution in [3.05, 3.63) is 59.2 Å². The van der Waals surface area contributed by atoms with Crippen LogP contribution >= 0.6 is 0 Å². The summed E-state index contributed by atoms with van der Waals surface area (Å²) in [6.45, 7) is 0.162. The summed E-state index contributed by atoms with van der Waals surface area (Å²) in [4.78, 5) is 19.2. The van der Waals surface area contributed by atoms with E-state index in [1.165, 1.54) is 12.1 Å². The van der Waals surface area contributed by atoms with Gasteiger partial charge in [-0.1, -0.05) is 12.1 Å². The highest BCUT2D eigenvalue weighted by Gasteiger charge is 2.57. The van der Waals surface area contributed by atoms with E-state index in [-0.39, 0.29) is 63.9 Å². The van der Waals surface area contributed by atoms with Crippen molar-refractivity contribution in [3.63, 3.8) is 0 Å². The summed E-state index contributed by atoms with van der Waals surface area (Å²) in [5, 5.41) is 14.1. The molecule has 14 heteroatoms. The van der Waals surface area contributed by atoms with Crippen LogP contribution in [0, 0.1) is 23.6 Å². The molecule has 1 aromatic heterocycles. The summed E-state index contributed by atoms with van der Waals surface area (Å²) in [7, 11) is -8.09. The first-order valence-corrected chi connectivity index (χ1v) is 15.3. The van der Waals surface area contributed by atoms with E-state index >= 15 is 0 Å². The summed E-state index contributed by atoms with van der Waals surface area (Å²) < 4.78 is 68.8. The molecule has 4 atom stereocenters. The number of hydrogen-bond donors (Lipinski definition) is 3. The number of sulfonamides is 2. The Bertz CT molecular complexity index is 1640. The fourth-order valence-corrected chi connectivity index (χ4v) is 7.89. The van der Waals surface area contributed by atoms with Crippen LogP contribution in [0.3, 0.4) is 0 Å². The highest BCUT2D eigenvalue weighted by molar-refractivity contribution is 7.92. The molecule has 2 saturated carbocycles. The van der Waals surface area contributed by atoms with E-state index in [4.69, 9.17) is 0 Å². The van der Waals surface area contributed by atoms with Gasteiger partial charge in [-0.25, -0.2) is 17.8 Å². The number of carbonyl (C=O) groups excluding carboxylic acids is 1. The number of aliphatic hydroxyl groups excluding tert-OH is 1. The summed E-state index contributed by atoms with van der Waals surface area (Å²) in [6.07, 6.45) is 4.71. The zero-order valence-corrected chi connectivity index (χ0v) is 21.8. The summed E-state index contributed by atoms with van der Waals surface area (Å²) in [6, 6.07) is 6.62. The Balaban J connectivity index is 1.41. The number of pyridine rings is 1. The molecule has 1 amide bonds. The molecule has 2 aliphatic heterocycles. The van der Waals surface area contributed by atoms with Crippen LogP contribution in [0.15, 0.2) is 57.2 Å². The zero-order chi connectivity index (χ0) is 27.0. The van der Waals surface area contributed by atoms with Crippen LogP contribution in [0.4, 0.5) is 15.9 Å². The normalized spacial score (nSPS) is 27.5. The Morgan fingerprint density at radius 3 is 2.63 bits per heavy atom. The van der Waals surface area contributed by atoms with Crippen molar-refractivity contribution in [2.45, 2.75) is 36.7 Å². The van der Waals surface area contributed by atoms with Gasteiger partial charge in [0, 0.05) is 18.5 Å². The number of nitrogens with zero attached hydrogens (tertiary/aromatic N) is 3. The standard InChI is InChI=1S/C24H24FN5O6S2/c1-37(33,34)28-16-9-17-22(26-10-16)27-23(29-38(17,35)36)19-21(31)18-13-4-5-14(8-13)20(18)30(24(19)32)11-12-2-6-15(25)7-3-12/h2-3,6-7,9-10,13-14,18,20,28,31H,4-5,8,11H2,1H3,(H,26,27,29)/t13-,14+,18?,20?/m1/s1. The first-order valence-electron chi connectivity index (χ1n) is 12.0. The van der Waals surface area contributed by atoms with Crippen molar-refractivity contribution in [1.82, 2.24) is 9.88 Å². The largest absolute Gasteiger partial charge is 0.511 e. The van der Waals surface area contributed by atoms with Gasteiger partial charge in [-0.2, -0.15) is 8.42 Å². The van der Waals surface area contributed by atoms with Gasteiger partial charge in [0.1, 0.15) is 22.0 Å². The van der Waals surface area contributed by atoms with Gasteiger partial charge < -0.3 is 15.3 Å². The molecule has 38 heavy (non-hydrogen) atoms. The number of nitrogens with one attached hydrogen (secondary N) is 2. The minimum Gasteiger partial charge on any atom is -0.511 e. The molecule has 6 rings (SSSR count).